The van der Waals surface area contributed by atoms with Crippen molar-refractivity contribution in [3.8, 4) is 5.69 Å². The van der Waals surface area contributed by atoms with Crippen molar-refractivity contribution >= 4 is 33.4 Å². The van der Waals surface area contributed by atoms with Crippen LogP contribution in [0.3, 0.4) is 0 Å². The van der Waals surface area contributed by atoms with Crippen LogP contribution in [-0.4, -0.2) is 25.7 Å². The third-order valence-corrected chi connectivity index (χ3v) is 5.45. The van der Waals surface area contributed by atoms with Gasteiger partial charge in [-0.15, -0.1) is 10.2 Å². The van der Waals surface area contributed by atoms with Gasteiger partial charge >= 0.3 is 0 Å². The highest BCUT2D eigenvalue weighted by Crippen LogP contribution is 2.42. The lowest BCUT2D eigenvalue weighted by molar-refractivity contribution is 0.102. The van der Waals surface area contributed by atoms with Crippen molar-refractivity contribution in [2.75, 3.05) is 5.32 Å². The molecule has 6 nitrogen and oxygen atoms in total. The molecule has 1 saturated carbocycles. The van der Waals surface area contributed by atoms with Gasteiger partial charge in [0.25, 0.3) is 5.91 Å². The number of nitrogens with one attached hydrogen (secondary N) is 1. The molecule has 2 heterocycles. The molecule has 4 aromatic rings. The highest BCUT2D eigenvalue weighted by molar-refractivity contribution is 7.15. The zero-order chi connectivity index (χ0) is 17.5. The Kier molecular flexibility index (Phi) is 3.53. The SMILES string of the molecule is O=C(Nc1nnc(C2CC2)s1)c1ccc(-n2cnc3ccccc32)cc1. The summed E-state index contributed by atoms with van der Waals surface area (Å²) < 4.78 is 2.00. The van der Waals surface area contributed by atoms with Crippen LogP contribution in [0.25, 0.3) is 16.7 Å². The molecule has 128 valence electrons. The predicted octanol–water partition coefficient (Wildman–Crippen LogP) is 4.01. The second-order valence-corrected chi connectivity index (χ2v) is 7.33. The number of aromatic nitrogens is 4. The average molecular weight is 361 g/mol. The summed E-state index contributed by atoms with van der Waals surface area (Å²) >= 11 is 1.46. The number of para-hydroxylation sites is 2. The largest absolute Gasteiger partial charge is 0.299 e. The van der Waals surface area contributed by atoms with Crippen LogP contribution in [0.5, 0.6) is 0 Å². The Morgan fingerprint density at radius 2 is 1.88 bits per heavy atom. The molecule has 1 aliphatic rings. The minimum atomic E-state index is -0.175. The van der Waals surface area contributed by atoms with Gasteiger partial charge in [-0.2, -0.15) is 0 Å². The van der Waals surface area contributed by atoms with Gasteiger partial charge in [0.05, 0.1) is 11.0 Å². The van der Waals surface area contributed by atoms with E-state index >= 15 is 0 Å². The van der Waals surface area contributed by atoms with Crippen LogP contribution >= 0.6 is 11.3 Å². The molecule has 0 aliphatic heterocycles. The molecule has 0 saturated heterocycles. The van der Waals surface area contributed by atoms with E-state index in [-0.39, 0.29) is 5.91 Å². The first-order valence-electron chi connectivity index (χ1n) is 8.45. The summed E-state index contributed by atoms with van der Waals surface area (Å²) in [5.41, 5.74) is 3.52. The van der Waals surface area contributed by atoms with Gasteiger partial charge in [-0.3, -0.25) is 14.7 Å². The van der Waals surface area contributed by atoms with E-state index in [2.05, 4.69) is 20.5 Å². The Labute approximate surface area is 153 Å². The van der Waals surface area contributed by atoms with Crippen molar-refractivity contribution in [2.45, 2.75) is 18.8 Å². The number of fused-ring (bicyclic) bond motifs is 1. The number of carbonyl (C=O) groups excluding carboxylic acids is 1. The predicted molar refractivity (Wildman–Crippen MR) is 101 cm³/mol. The van der Waals surface area contributed by atoms with Gasteiger partial charge in [-0.25, -0.2) is 4.98 Å². The van der Waals surface area contributed by atoms with Crippen LogP contribution in [0, 0.1) is 0 Å². The normalized spacial score (nSPS) is 13.8. The number of hydrogen-bond acceptors (Lipinski definition) is 5. The summed E-state index contributed by atoms with van der Waals surface area (Å²) in [6.07, 6.45) is 4.14. The Bertz CT molecular complexity index is 1090. The second kappa shape index (κ2) is 6.03. The molecule has 1 N–H and O–H groups in total. The first-order valence-corrected chi connectivity index (χ1v) is 9.27. The van der Waals surface area contributed by atoms with Gasteiger partial charge < -0.3 is 0 Å². The van der Waals surface area contributed by atoms with Crippen LogP contribution in [0.15, 0.2) is 54.9 Å². The molecule has 2 aromatic carbocycles. The molecule has 1 fully saturated rings. The average Bonchev–Trinajstić information content (AvgIpc) is 3.27. The second-order valence-electron chi connectivity index (χ2n) is 6.32. The van der Waals surface area contributed by atoms with E-state index in [4.69, 9.17) is 0 Å². The summed E-state index contributed by atoms with van der Waals surface area (Å²) in [7, 11) is 0. The fourth-order valence-corrected chi connectivity index (χ4v) is 3.80. The molecule has 7 heteroatoms. The van der Waals surface area contributed by atoms with Gasteiger partial charge in [0.2, 0.25) is 5.13 Å². The van der Waals surface area contributed by atoms with Gasteiger partial charge in [0, 0.05) is 17.2 Å². The summed E-state index contributed by atoms with van der Waals surface area (Å²) in [4.78, 5) is 16.8. The van der Waals surface area contributed by atoms with Crippen LogP contribution in [0.1, 0.15) is 34.1 Å². The molecule has 5 rings (SSSR count). The number of rotatable bonds is 4. The zero-order valence-electron chi connectivity index (χ0n) is 13.8. The highest BCUT2D eigenvalue weighted by Gasteiger charge is 2.27. The van der Waals surface area contributed by atoms with Crippen LogP contribution in [0.4, 0.5) is 5.13 Å². The van der Waals surface area contributed by atoms with Crippen molar-refractivity contribution in [1.82, 2.24) is 19.7 Å². The lowest BCUT2D eigenvalue weighted by Crippen LogP contribution is -2.11. The van der Waals surface area contributed by atoms with Crippen molar-refractivity contribution in [3.63, 3.8) is 0 Å². The molecule has 1 aliphatic carbocycles. The van der Waals surface area contributed by atoms with Gasteiger partial charge in [-0.1, -0.05) is 23.5 Å². The first-order chi connectivity index (χ1) is 12.8. The maximum Gasteiger partial charge on any atom is 0.257 e. The van der Waals surface area contributed by atoms with Gasteiger partial charge in [0.1, 0.15) is 11.3 Å². The van der Waals surface area contributed by atoms with Crippen molar-refractivity contribution in [3.05, 3.63) is 65.4 Å². The quantitative estimate of drug-likeness (QED) is 0.596. The van der Waals surface area contributed by atoms with E-state index in [9.17, 15) is 4.79 Å². The van der Waals surface area contributed by atoms with E-state index in [0.29, 0.717) is 16.6 Å². The fourth-order valence-electron chi connectivity index (χ4n) is 2.89. The third-order valence-electron chi connectivity index (χ3n) is 4.45. The summed E-state index contributed by atoms with van der Waals surface area (Å²) in [5, 5.41) is 12.6. The number of amides is 1. The smallest absolute Gasteiger partial charge is 0.257 e. The standard InChI is InChI=1S/C19H15N5OS/c25-17(21-19-23-22-18(26-19)13-5-6-13)12-7-9-14(10-8-12)24-11-20-15-3-1-2-4-16(15)24/h1-4,7-11,13H,5-6H2,(H,21,23,25). The van der Waals surface area contributed by atoms with Crippen LogP contribution in [-0.2, 0) is 0 Å². The van der Waals surface area contributed by atoms with Crippen LogP contribution in [0.2, 0.25) is 0 Å². The summed E-state index contributed by atoms with van der Waals surface area (Å²) in [6, 6.07) is 15.4. The lowest BCUT2D eigenvalue weighted by Gasteiger charge is -2.06. The molecule has 0 bridgehead atoms. The number of benzene rings is 2. The molecule has 2 aromatic heterocycles. The van der Waals surface area contributed by atoms with Gasteiger partial charge in [-0.05, 0) is 49.2 Å². The van der Waals surface area contributed by atoms with E-state index in [1.807, 2.05) is 53.1 Å². The number of imidazole rings is 1. The number of nitrogens with zero attached hydrogens (tertiary/aromatic N) is 4. The number of hydrogen-bond donors (Lipinski definition) is 1. The Morgan fingerprint density at radius 1 is 1.08 bits per heavy atom. The minimum Gasteiger partial charge on any atom is -0.299 e. The summed E-state index contributed by atoms with van der Waals surface area (Å²) in [6.45, 7) is 0. The molecule has 0 unspecified atom stereocenters. The number of carbonyl (C=O) groups is 1. The van der Waals surface area contributed by atoms with Gasteiger partial charge in [0.15, 0.2) is 0 Å². The Balaban J connectivity index is 1.36. The molecule has 0 spiro atoms. The van der Waals surface area contributed by atoms with E-state index in [0.717, 1.165) is 21.7 Å². The molecule has 0 radical (unpaired) electrons. The van der Waals surface area contributed by atoms with Crippen molar-refractivity contribution < 1.29 is 4.79 Å². The van der Waals surface area contributed by atoms with Crippen molar-refractivity contribution in [2.24, 2.45) is 0 Å². The first kappa shape index (κ1) is 15.2. The maximum absolute atomic E-state index is 12.4. The highest BCUT2D eigenvalue weighted by atomic mass is 32.1. The number of anilines is 1. The monoisotopic (exact) mass is 361 g/mol. The Hall–Kier alpha value is -3.06. The lowest BCUT2D eigenvalue weighted by atomic mass is 10.2. The fraction of sp³-hybridized carbons (Fsp3) is 0.158. The minimum absolute atomic E-state index is 0.175. The van der Waals surface area contributed by atoms with E-state index in [1.165, 1.54) is 24.2 Å². The van der Waals surface area contributed by atoms with E-state index < -0.39 is 0 Å². The van der Waals surface area contributed by atoms with E-state index in [1.54, 1.807) is 6.33 Å². The third kappa shape index (κ3) is 2.76. The molecule has 1 amide bonds. The zero-order valence-corrected chi connectivity index (χ0v) is 14.6. The molecular formula is C19H15N5OS. The Morgan fingerprint density at radius 3 is 2.69 bits per heavy atom. The maximum atomic E-state index is 12.4. The van der Waals surface area contributed by atoms with Crippen molar-refractivity contribution in [1.29, 1.82) is 0 Å². The van der Waals surface area contributed by atoms with Crippen LogP contribution < -0.4 is 5.32 Å². The molecule has 26 heavy (non-hydrogen) atoms. The summed E-state index contributed by atoms with van der Waals surface area (Å²) in [5.74, 6) is 0.368. The topological polar surface area (TPSA) is 72.7 Å². The molecule has 0 atom stereocenters. The molecular weight excluding hydrogens is 346 g/mol.